The number of halogens is 3. The topological polar surface area (TPSA) is 73.6 Å². The molecule has 2 saturated carbocycles. The molecule has 1 N–H and O–H groups in total. The van der Waals surface area contributed by atoms with E-state index in [1.54, 1.807) is 19.2 Å². The fourth-order valence-electron chi connectivity index (χ4n) is 5.04. The summed E-state index contributed by atoms with van der Waals surface area (Å²) in [5.74, 6) is -0.195. The first kappa shape index (κ1) is 25.2. The molecule has 4 rings (SSSR count). The lowest BCUT2D eigenvalue weighted by Crippen LogP contribution is -2.47. The van der Waals surface area contributed by atoms with Gasteiger partial charge in [0.15, 0.2) is 5.60 Å². The van der Waals surface area contributed by atoms with Crippen LogP contribution in [0.25, 0.3) is 0 Å². The molecule has 35 heavy (non-hydrogen) atoms. The summed E-state index contributed by atoms with van der Waals surface area (Å²) in [4.78, 5) is 15.3. The lowest BCUT2D eigenvalue weighted by Gasteiger charge is -2.43. The van der Waals surface area contributed by atoms with Crippen molar-refractivity contribution in [2.75, 3.05) is 7.11 Å². The summed E-state index contributed by atoms with van der Waals surface area (Å²) >= 11 is 0. The van der Waals surface area contributed by atoms with Crippen molar-refractivity contribution >= 4 is 5.91 Å². The van der Waals surface area contributed by atoms with E-state index in [0.29, 0.717) is 30.9 Å². The van der Waals surface area contributed by atoms with Gasteiger partial charge in [0.25, 0.3) is 5.91 Å². The van der Waals surface area contributed by atoms with Gasteiger partial charge in [-0.05, 0) is 80.8 Å². The van der Waals surface area contributed by atoms with E-state index in [0.717, 1.165) is 31.2 Å². The number of hydrogen-bond acceptors (Lipinski definition) is 4. The van der Waals surface area contributed by atoms with Crippen LogP contribution in [-0.2, 0) is 15.9 Å². The molecule has 186 valence electrons. The minimum atomic E-state index is -4.82. The highest BCUT2D eigenvalue weighted by Gasteiger charge is 2.51. The third kappa shape index (κ3) is 4.80. The maximum absolute atomic E-state index is 13.4. The molecule has 0 heterocycles. The number of ether oxygens (including phenoxy) is 1. The van der Waals surface area contributed by atoms with E-state index < -0.39 is 17.4 Å². The number of nitrogens with zero attached hydrogens (tertiary/aromatic N) is 2. The number of hydrogen-bond donors (Lipinski definition) is 1. The van der Waals surface area contributed by atoms with Gasteiger partial charge in [-0.1, -0.05) is 24.3 Å². The van der Waals surface area contributed by atoms with Crippen LogP contribution < -0.4 is 0 Å². The Morgan fingerprint density at radius 3 is 2.03 bits per heavy atom. The number of methoxy groups -OCH3 is 1. The second-order valence-corrected chi connectivity index (χ2v) is 9.71. The number of rotatable bonds is 6. The Balaban J connectivity index is 1.50. The molecule has 0 saturated heterocycles. The Bertz CT molecular complexity index is 1090. The maximum atomic E-state index is 13.4. The molecule has 2 aromatic carbocycles. The van der Waals surface area contributed by atoms with Gasteiger partial charge < -0.3 is 14.7 Å². The first-order chi connectivity index (χ1) is 16.5. The third-order valence-electron chi connectivity index (χ3n) is 7.51. The largest absolute Gasteiger partial charge is 0.421 e. The average molecular weight is 487 g/mol. The van der Waals surface area contributed by atoms with Crippen LogP contribution in [0.15, 0.2) is 48.5 Å². The zero-order valence-corrected chi connectivity index (χ0v) is 19.8. The van der Waals surface area contributed by atoms with E-state index in [9.17, 15) is 23.1 Å². The van der Waals surface area contributed by atoms with Crippen molar-refractivity contribution in [2.45, 2.75) is 74.9 Å². The lowest BCUT2D eigenvalue weighted by atomic mass is 9.76. The number of alkyl halides is 3. The quantitative estimate of drug-likeness (QED) is 0.592. The molecular weight excluding hydrogens is 457 g/mol. The molecule has 8 heteroatoms. The van der Waals surface area contributed by atoms with Gasteiger partial charge in [-0.2, -0.15) is 18.4 Å². The molecule has 5 nitrogen and oxygen atoms in total. The minimum Gasteiger partial charge on any atom is -0.376 e. The fourth-order valence-corrected chi connectivity index (χ4v) is 5.04. The Labute approximate surface area is 203 Å². The van der Waals surface area contributed by atoms with Crippen LogP contribution in [0.4, 0.5) is 13.2 Å². The predicted molar refractivity (Wildman–Crippen MR) is 123 cm³/mol. The smallest absolute Gasteiger partial charge is 0.376 e. The molecule has 1 amide bonds. The summed E-state index contributed by atoms with van der Waals surface area (Å²) in [5.41, 5.74) is -1.86. The van der Waals surface area contributed by atoms with E-state index in [1.165, 1.54) is 24.3 Å². The summed E-state index contributed by atoms with van der Waals surface area (Å²) in [6.07, 6.45) is -0.104. The van der Waals surface area contributed by atoms with E-state index in [4.69, 9.17) is 10.00 Å². The molecule has 0 spiro atoms. The minimum absolute atomic E-state index is 0.00890. The van der Waals surface area contributed by atoms with Crippen molar-refractivity contribution in [3.05, 3.63) is 70.8 Å². The number of carbonyl (C=O) groups excluding carboxylic acids is 1. The van der Waals surface area contributed by atoms with Gasteiger partial charge in [0.1, 0.15) is 0 Å². The van der Waals surface area contributed by atoms with E-state index in [2.05, 4.69) is 6.07 Å². The summed E-state index contributed by atoms with van der Waals surface area (Å²) in [7, 11) is 1.68. The van der Waals surface area contributed by atoms with Gasteiger partial charge in [-0.25, -0.2) is 0 Å². The van der Waals surface area contributed by atoms with E-state index in [-0.39, 0.29) is 23.6 Å². The summed E-state index contributed by atoms with van der Waals surface area (Å²) < 4.78 is 45.5. The Hall–Kier alpha value is -2.89. The highest BCUT2D eigenvalue weighted by molar-refractivity contribution is 5.95. The van der Waals surface area contributed by atoms with Gasteiger partial charge in [-0.15, -0.1) is 0 Å². The normalized spacial score (nSPS) is 24.3. The Morgan fingerprint density at radius 1 is 1.03 bits per heavy atom. The van der Waals surface area contributed by atoms with Crippen molar-refractivity contribution < 1.29 is 27.8 Å². The number of carbonyl (C=O) groups is 1. The van der Waals surface area contributed by atoms with Crippen molar-refractivity contribution in [1.29, 1.82) is 5.26 Å². The third-order valence-corrected chi connectivity index (χ3v) is 7.51. The molecule has 2 fully saturated rings. The van der Waals surface area contributed by atoms with Gasteiger partial charge >= 0.3 is 6.18 Å². The molecule has 2 aromatic rings. The number of nitriles is 1. The summed E-state index contributed by atoms with van der Waals surface area (Å²) in [6.45, 7) is 0.707. The zero-order valence-electron chi connectivity index (χ0n) is 19.8. The molecule has 0 bridgehead atoms. The molecular formula is C27H29F3N2O3. The second kappa shape index (κ2) is 9.29. The van der Waals surface area contributed by atoms with Gasteiger partial charge in [-0.3, -0.25) is 4.79 Å². The van der Waals surface area contributed by atoms with E-state index in [1.807, 2.05) is 17.0 Å². The lowest BCUT2D eigenvalue weighted by molar-refractivity contribution is -0.258. The number of aliphatic hydroxyl groups is 1. The summed E-state index contributed by atoms with van der Waals surface area (Å²) in [5, 5.41) is 19.0. The van der Waals surface area contributed by atoms with Crippen LogP contribution in [0.1, 0.15) is 72.5 Å². The Kier molecular flexibility index (Phi) is 6.69. The first-order valence-electron chi connectivity index (χ1n) is 11.8. The van der Waals surface area contributed by atoms with Crippen LogP contribution in [0.5, 0.6) is 0 Å². The molecule has 2 aliphatic carbocycles. The SMILES string of the molecule is COC1(c2ccc(C#N)cc2)CCC(N(C(=O)c2ccc([C@](C)(O)C(F)(F)F)cc2)C2CC2)CC1. The average Bonchev–Trinajstić information content (AvgIpc) is 3.69. The van der Waals surface area contributed by atoms with Crippen molar-refractivity contribution in [2.24, 2.45) is 0 Å². The fraction of sp³-hybridized carbons (Fsp3) is 0.481. The van der Waals surface area contributed by atoms with Crippen molar-refractivity contribution in [3.8, 4) is 6.07 Å². The second-order valence-electron chi connectivity index (χ2n) is 9.71. The monoisotopic (exact) mass is 486 g/mol. The summed E-state index contributed by atoms with van der Waals surface area (Å²) in [6, 6.07) is 14.7. The number of amides is 1. The predicted octanol–water partition coefficient (Wildman–Crippen LogP) is 5.42. The number of benzene rings is 2. The standard InChI is InChI=1S/C27H29F3N2O3/c1-25(34,27(28,29)30)20-9-5-19(6-10-20)24(33)32(22-11-12-22)23-13-15-26(35-2,16-14-23)21-7-3-18(17-31)4-8-21/h3-10,22-23,34H,11-16H2,1-2H3/t23?,25-,26?/m0/s1. The van der Waals surface area contributed by atoms with Crippen molar-refractivity contribution in [3.63, 3.8) is 0 Å². The molecule has 1 atom stereocenters. The Morgan fingerprint density at radius 2 is 1.57 bits per heavy atom. The highest BCUT2D eigenvalue weighted by atomic mass is 19.4. The highest BCUT2D eigenvalue weighted by Crippen LogP contribution is 2.44. The van der Waals surface area contributed by atoms with Gasteiger partial charge in [0.05, 0.1) is 17.2 Å². The molecule has 0 aliphatic heterocycles. The molecule has 0 aromatic heterocycles. The van der Waals surface area contributed by atoms with Crippen LogP contribution in [0, 0.1) is 11.3 Å². The van der Waals surface area contributed by atoms with Crippen LogP contribution in [0.3, 0.4) is 0 Å². The maximum Gasteiger partial charge on any atom is 0.421 e. The van der Waals surface area contributed by atoms with Gasteiger partial charge in [0, 0.05) is 24.8 Å². The van der Waals surface area contributed by atoms with Crippen molar-refractivity contribution in [1.82, 2.24) is 4.90 Å². The van der Waals surface area contributed by atoms with Crippen LogP contribution in [0.2, 0.25) is 0 Å². The first-order valence-corrected chi connectivity index (χ1v) is 11.8. The van der Waals surface area contributed by atoms with E-state index >= 15 is 0 Å². The molecule has 0 radical (unpaired) electrons. The van der Waals surface area contributed by atoms with Crippen LogP contribution >= 0.6 is 0 Å². The van der Waals surface area contributed by atoms with Crippen LogP contribution in [-0.4, -0.2) is 41.3 Å². The molecule has 0 unspecified atom stereocenters. The zero-order chi connectivity index (χ0) is 25.4. The van der Waals surface area contributed by atoms with Gasteiger partial charge in [0.2, 0.25) is 0 Å². The molecule has 2 aliphatic rings.